The van der Waals surface area contributed by atoms with Gasteiger partial charge in [-0.2, -0.15) is 0 Å². The summed E-state index contributed by atoms with van der Waals surface area (Å²) in [4.78, 5) is 0. The molecule has 0 aromatic rings. The molecule has 0 N–H and O–H groups in total. The third kappa shape index (κ3) is 3.63. The third-order valence-corrected chi connectivity index (χ3v) is 2.51. The van der Waals surface area contributed by atoms with Gasteiger partial charge < -0.3 is 0 Å². The summed E-state index contributed by atoms with van der Waals surface area (Å²) in [6.45, 7) is 4.51. The van der Waals surface area contributed by atoms with Gasteiger partial charge in [0, 0.05) is 5.92 Å². The van der Waals surface area contributed by atoms with Crippen LogP contribution >= 0.6 is 0 Å². The lowest BCUT2D eigenvalue weighted by Gasteiger charge is -2.05. The highest BCUT2D eigenvalue weighted by atomic mass is 14.1. The normalized spacial score (nSPS) is 17.2. The number of hydrogen-bond acceptors (Lipinski definition) is 0. The van der Waals surface area contributed by atoms with Crippen LogP contribution in [-0.4, -0.2) is 0 Å². The Labute approximate surface area is 82.0 Å². The maximum atomic E-state index is 2.41. The Morgan fingerprint density at radius 3 is 2.46 bits per heavy atom. The number of allylic oxidation sites excluding steroid dienone is 6. The zero-order valence-corrected chi connectivity index (χ0v) is 8.79. The van der Waals surface area contributed by atoms with E-state index in [9.17, 15) is 0 Å². The van der Waals surface area contributed by atoms with Crippen molar-refractivity contribution in [3.8, 4) is 0 Å². The molecular formula is C13H20. The average Bonchev–Trinajstić information content (AvgIpc) is 2.64. The van der Waals surface area contributed by atoms with Crippen LogP contribution in [0.1, 0.15) is 39.5 Å². The summed E-state index contributed by atoms with van der Waals surface area (Å²) >= 11 is 0. The smallest absolute Gasteiger partial charge is 0.0136 e. The van der Waals surface area contributed by atoms with Crippen molar-refractivity contribution >= 4 is 0 Å². The summed E-state index contributed by atoms with van der Waals surface area (Å²) in [6, 6.07) is 0. The summed E-state index contributed by atoms with van der Waals surface area (Å²) in [5.74, 6) is 0.576. The molecule has 0 unspecified atom stereocenters. The second-order valence-electron chi connectivity index (χ2n) is 3.63. The van der Waals surface area contributed by atoms with Crippen molar-refractivity contribution < 1.29 is 0 Å². The van der Waals surface area contributed by atoms with Gasteiger partial charge in [0.15, 0.2) is 0 Å². The first-order chi connectivity index (χ1) is 6.36. The Hall–Kier alpha value is -0.780. The first kappa shape index (κ1) is 10.3. The fourth-order valence-corrected chi connectivity index (χ4v) is 1.61. The van der Waals surface area contributed by atoms with Crippen LogP contribution in [-0.2, 0) is 0 Å². The van der Waals surface area contributed by atoms with E-state index in [4.69, 9.17) is 0 Å². The Kier molecular flexibility index (Phi) is 4.59. The number of unbranched alkanes of at least 4 members (excludes halogenated alkanes) is 1. The quantitative estimate of drug-likeness (QED) is 0.549. The highest BCUT2D eigenvalue weighted by molar-refractivity contribution is 5.24. The minimum absolute atomic E-state index is 0.576. The van der Waals surface area contributed by atoms with Crippen LogP contribution in [0, 0.1) is 5.92 Å². The number of hydrogen-bond donors (Lipinski definition) is 0. The van der Waals surface area contributed by atoms with Crippen LogP contribution in [0.15, 0.2) is 36.0 Å². The molecule has 0 aromatic carbocycles. The van der Waals surface area contributed by atoms with Gasteiger partial charge in [0.2, 0.25) is 0 Å². The Bertz CT molecular complexity index is 206. The van der Waals surface area contributed by atoms with E-state index in [1.165, 1.54) is 25.7 Å². The molecular weight excluding hydrogens is 156 g/mol. The third-order valence-electron chi connectivity index (χ3n) is 2.51. The maximum absolute atomic E-state index is 2.41. The van der Waals surface area contributed by atoms with Gasteiger partial charge >= 0.3 is 0 Å². The standard InChI is InChI=1S/C13H20/c1-3-5-8-12(4-2)11-13-9-6-7-10-13/h6-7,9-11,13H,3-5,8H2,1-2H3. The zero-order chi connectivity index (χ0) is 9.52. The van der Waals surface area contributed by atoms with E-state index in [0.717, 1.165) is 0 Å². The average molecular weight is 176 g/mol. The lowest BCUT2D eigenvalue weighted by atomic mass is 10.0. The SMILES string of the molecule is CCCCC(=CC1C=CC=C1)CC. The molecule has 0 amide bonds. The van der Waals surface area contributed by atoms with Crippen LogP contribution in [0.2, 0.25) is 0 Å². The summed E-state index contributed by atoms with van der Waals surface area (Å²) in [6.07, 6.45) is 16.3. The van der Waals surface area contributed by atoms with E-state index in [-0.39, 0.29) is 0 Å². The van der Waals surface area contributed by atoms with Gasteiger partial charge in [0.1, 0.15) is 0 Å². The molecule has 0 bridgehead atoms. The van der Waals surface area contributed by atoms with Crippen molar-refractivity contribution in [1.29, 1.82) is 0 Å². The Balaban J connectivity index is 2.44. The van der Waals surface area contributed by atoms with E-state index in [1.807, 2.05) is 0 Å². The van der Waals surface area contributed by atoms with Gasteiger partial charge in [0.25, 0.3) is 0 Å². The zero-order valence-electron chi connectivity index (χ0n) is 8.79. The van der Waals surface area contributed by atoms with Gasteiger partial charge in [-0.05, 0) is 19.3 Å². The molecule has 0 heterocycles. The Morgan fingerprint density at radius 2 is 1.92 bits per heavy atom. The van der Waals surface area contributed by atoms with Crippen LogP contribution < -0.4 is 0 Å². The monoisotopic (exact) mass is 176 g/mol. The minimum atomic E-state index is 0.576. The molecule has 0 spiro atoms. The second kappa shape index (κ2) is 5.80. The van der Waals surface area contributed by atoms with E-state index >= 15 is 0 Å². The summed E-state index contributed by atoms with van der Waals surface area (Å²) in [5, 5.41) is 0. The first-order valence-corrected chi connectivity index (χ1v) is 5.41. The molecule has 0 saturated carbocycles. The molecule has 0 radical (unpaired) electrons. The van der Waals surface area contributed by atoms with E-state index in [2.05, 4.69) is 44.2 Å². The van der Waals surface area contributed by atoms with Gasteiger partial charge in [0.05, 0.1) is 0 Å². The molecule has 0 saturated heterocycles. The Morgan fingerprint density at radius 1 is 1.23 bits per heavy atom. The van der Waals surface area contributed by atoms with Crippen molar-refractivity contribution in [2.75, 3.05) is 0 Å². The van der Waals surface area contributed by atoms with Crippen LogP contribution in [0.3, 0.4) is 0 Å². The molecule has 0 aromatic heterocycles. The summed E-state index contributed by atoms with van der Waals surface area (Å²) in [5.41, 5.74) is 1.61. The van der Waals surface area contributed by atoms with E-state index in [0.29, 0.717) is 5.92 Å². The molecule has 72 valence electrons. The van der Waals surface area contributed by atoms with Crippen molar-refractivity contribution in [3.63, 3.8) is 0 Å². The fourth-order valence-electron chi connectivity index (χ4n) is 1.61. The molecule has 0 atom stereocenters. The van der Waals surface area contributed by atoms with Crippen LogP contribution in [0.4, 0.5) is 0 Å². The summed E-state index contributed by atoms with van der Waals surface area (Å²) < 4.78 is 0. The molecule has 0 fully saturated rings. The van der Waals surface area contributed by atoms with Crippen molar-refractivity contribution in [1.82, 2.24) is 0 Å². The first-order valence-electron chi connectivity index (χ1n) is 5.41. The molecule has 0 heteroatoms. The predicted molar refractivity (Wildman–Crippen MR) is 59.7 cm³/mol. The highest BCUT2D eigenvalue weighted by Crippen LogP contribution is 2.18. The molecule has 1 aliphatic rings. The summed E-state index contributed by atoms with van der Waals surface area (Å²) in [7, 11) is 0. The second-order valence-corrected chi connectivity index (χ2v) is 3.63. The minimum Gasteiger partial charge on any atom is -0.0746 e. The van der Waals surface area contributed by atoms with Crippen LogP contribution in [0.25, 0.3) is 0 Å². The maximum Gasteiger partial charge on any atom is 0.0136 e. The molecule has 1 rings (SSSR count). The van der Waals surface area contributed by atoms with Crippen molar-refractivity contribution in [3.05, 3.63) is 36.0 Å². The molecule has 13 heavy (non-hydrogen) atoms. The molecule has 0 aliphatic heterocycles. The van der Waals surface area contributed by atoms with E-state index in [1.54, 1.807) is 5.57 Å². The lowest BCUT2D eigenvalue weighted by Crippen LogP contribution is -1.88. The van der Waals surface area contributed by atoms with Gasteiger partial charge in [-0.1, -0.05) is 56.2 Å². The molecule has 0 nitrogen and oxygen atoms in total. The van der Waals surface area contributed by atoms with Gasteiger partial charge in [-0.3, -0.25) is 0 Å². The van der Waals surface area contributed by atoms with Gasteiger partial charge in [-0.25, -0.2) is 0 Å². The predicted octanol–water partition coefficient (Wildman–Crippen LogP) is 4.26. The number of rotatable bonds is 5. The van der Waals surface area contributed by atoms with Crippen molar-refractivity contribution in [2.24, 2.45) is 5.92 Å². The van der Waals surface area contributed by atoms with E-state index < -0.39 is 0 Å². The van der Waals surface area contributed by atoms with Gasteiger partial charge in [-0.15, -0.1) is 0 Å². The topological polar surface area (TPSA) is 0 Å². The highest BCUT2D eigenvalue weighted by Gasteiger charge is 2.01. The largest absolute Gasteiger partial charge is 0.0746 e. The van der Waals surface area contributed by atoms with Crippen molar-refractivity contribution in [2.45, 2.75) is 39.5 Å². The molecule has 1 aliphatic carbocycles. The lowest BCUT2D eigenvalue weighted by molar-refractivity contribution is 0.759. The van der Waals surface area contributed by atoms with Crippen LogP contribution in [0.5, 0.6) is 0 Å². The fraction of sp³-hybridized carbons (Fsp3) is 0.538.